The van der Waals surface area contributed by atoms with E-state index in [1.807, 2.05) is 6.08 Å². The molecule has 2 nitrogen and oxygen atoms in total. The predicted molar refractivity (Wildman–Crippen MR) is 68.1 cm³/mol. The Morgan fingerprint density at radius 2 is 2.06 bits per heavy atom. The van der Waals surface area contributed by atoms with Crippen molar-refractivity contribution in [2.75, 3.05) is 26.7 Å². The van der Waals surface area contributed by atoms with Crippen molar-refractivity contribution in [1.29, 1.82) is 0 Å². The Kier molecular flexibility index (Phi) is 4.71. The van der Waals surface area contributed by atoms with E-state index in [1.165, 1.54) is 11.1 Å². The van der Waals surface area contributed by atoms with E-state index in [0.29, 0.717) is 0 Å². The lowest BCUT2D eigenvalue weighted by Gasteiger charge is -2.33. The lowest BCUT2D eigenvalue weighted by Crippen LogP contribution is -2.45. The summed E-state index contributed by atoms with van der Waals surface area (Å²) in [5.41, 5.74) is 2.66. The summed E-state index contributed by atoms with van der Waals surface area (Å²) < 4.78 is 0.810. The molecule has 0 aliphatic carbocycles. The van der Waals surface area contributed by atoms with Gasteiger partial charge in [0.1, 0.15) is 13.1 Å². The molecule has 0 radical (unpaired) electrons. The first-order valence-electron chi connectivity index (χ1n) is 5.71. The summed E-state index contributed by atoms with van der Waals surface area (Å²) in [5.74, 6) is 0. The van der Waals surface area contributed by atoms with Crippen molar-refractivity contribution in [2.45, 2.75) is 13.5 Å². The second-order valence-corrected chi connectivity index (χ2v) is 4.62. The third-order valence-corrected chi connectivity index (χ3v) is 3.02. The molecule has 1 atom stereocenters. The molecule has 0 fully saturated rings. The van der Waals surface area contributed by atoms with Crippen LogP contribution in [0.25, 0.3) is 0 Å². The second kappa shape index (κ2) is 5.83. The van der Waals surface area contributed by atoms with Crippen molar-refractivity contribution in [2.24, 2.45) is 0 Å². The number of benzene rings is 1. The van der Waals surface area contributed by atoms with E-state index in [2.05, 4.69) is 44.8 Å². The van der Waals surface area contributed by atoms with E-state index in [-0.39, 0.29) is 6.61 Å². The molecule has 0 heterocycles. The maximum atomic E-state index is 9.13. The van der Waals surface area contributed by atoms with Crippen LogP contribution >= 0.6 is 0 Å². The van der Waals surface area contributed by atoms with Gasteiger partial charge in [0.15, 0.2) is 0 Å². The van der Waals surface area contributed by atoms with Crippen molar-refractivity contribution < 1.29 is 9.59 Å². The van der Waals surface area contributed by atoms with E-state index in [4.69, 9.17) is 5.11 Å². The van der Waals surface area contributed by atoms with Gasteiger partial charge >= 0.3 is 0 Å². The second-order valence-electron chi connectivity index (χ2n) is 4.62. The minimum absolute atomic E-state index is 0.218. The fourth-order valence-corrected chi connectivity index (χ4v) is 1.99. The van der Waals surface area contributed by atoms with E-state index in [9.17, 15) is 0 Å². The van der Waals surface area contributed by atoms with Crippen molar-refractivity contribution in [3.8, 4) is 0 Å². The molecule has 0 saturated heterocycles. The lowest BCUT2D eigenvalue weighted by molar-refractivity contribution is -0.917. The van der Waals surface area contributed by atoms with Gasteiger partial charge in [0.2, 0.25) is 0 Å². The number of aliphatic hydroxyl groups is 1. The van der Waals surface area contributed by atoms with Crippen molar-refractivity contribution in [3.63, 3.8) is 0 Å². The Bertz CT molecular complexity index is 348. The summed E-state index contributed by atoms with van der Waals surface area (Å²) in [6, 6.07) is 8.42. The van der Waals surface area contributed by atoms with Crippen molar-refractivity contribution in [3.05, 3.63) is 48.0 Å². The van der Waals surface area contributed by atoms with Gasteiger partial charge in [0, 0.05) is 5.56 Å². The third kappa shape index (κ3) is 3.47. The molecular formula is C14H22NO+. The molecule has 1 aromatic rings. The summed E-state index contributed by atoms with van der Waals surface area (Å²) in [7, 11) is 2.16. The average molecular weight is 220 g/mol. The molecule has 1 rings (SSSR count). The normalized spacial score (nSPS) is 14.4. The number of nitrogens with zero attached hydrogens (tertiary/aromatic N) is 1. The quantitative estimate of drug-likeness (QED) is 0.575. The smallest absolute Gasteiger partial charge is 0.105 e. The highest BCUT2D eigenvalue weighted by molar-refractivity contribution is 5.24. The standard InChI is InChI=1S/C14H22NO/c1-4-9-15(3,10-11-16)12-14-8-6-5-7-13(14)2/h4-8,16H,1,9-12H2,2-3H3/q+1/t15-/m1/s1. The summed E-state index contributed by atoms with van der Waals surface area (Å²) in [6.45, 7) is 8.74. The van der Waals surface area contributed by atoms with Crippen molar-refractivity contribution >= 4 is 0 Å². The number of aryl methyl sites for hydroxylation is 1. The van der Waals surface area contributed by atoms with Gasteiger partial charge in [0.25, 0.3) is 0 Å². The molecule has 0 aliphatic rings. The van der Waals surface area contributed by atoms with Crippen LogP contribution in [0.3, 0.4) is 0 Å². The average Bonchev–Trinajstić information content (AvgIpc) is 2.22. The third-order valence-electron chi connectivity index (χ3n) is 3.02. The fourth-order valence-electron chi connectivity index (χ4n) is 1.99. The minimum atomic E-state index is 0.218. The van der Waals surface area contributed by atoms with E-state index >= 15 is 0 Å². The van der Waals surface area contributed by atoms with Gasteiger partial charge < -0.3 is 9.59 Å². The first kappa shape index (κ1) is 12.9. The molecular weight excluding hydrogens is 198 g/mol. The molecule has 1 aromatic carbocycles. The zero-order chi connectivity index (χ0) is 12.0. The predicted octanol–water partition coefficient (Wildman–Crippen LogP) is 2.12. The van der Waals surface area contributed by atoms with Crippen LogP contribution in [0.5, 0.6) is 0 Å². The van der Waals surface area contributed by atoms with Crippen LogP contribution < -0.4 is 0 Å². The van der Waals surface area contributed by atoms with Crippen LogP contribution in [0.2, 0.25) is 0 Å². The first-order chi connectivity index (χ1) is 7.61. The number of rotatable bonds is 6. The maximum absolute atomic E-state index is 9.13. The van der Waals surface area contributed by atoms with Crippen molar-refractivity contribution in [1.82, 2.24) is 0 Å². The maximum Gasteiger partial charge on any atom is 0.105 e. The molecule has 1 N–H and O–H groups in total. The molecule has 16 heavy (non-hydrogen) atoms. The Balaban J connectivity index is 2.83. The summed E-state index contributed by atoms with van der Waals surface area (Å²) in [4.78, 5) is 0. The molecule has 0 unspecified atom stereocenters. The number of hydrogen-bond donors (Lipinski definition) is 1. The fraction of sp³-hybridized carbons (Fsp3) is 0.429. The highest BCUT2D eigenvalue weighted by Crippen LogP contribution is 2.15. The van der Waals surface area contributed by atoms with E-state index < -0.39 is 0 Å². The lowest BCUT2D eigenvalue weighted by atomic mass is 10.1. The van der Waals surface area contributed by atoms with Crippen LogP contribution in [0.4, 0.5) is 0 Å². The number of likely N-dealkylation sites (N-methyl/N-ethyl adjacent to an activating group) is 1. The van der Waals surface area contributed by atoms with E-state index in [1.54, 1.807) is 0 Å². The molecule has 0 aliphatic heterocycles. The first-order valence-corrected chi connectivity index (χ1v) is 5.71. The van der Waals surface area contributed by atoms with Gasteiger partial charge in [-0.2, -0.15) is 0 Å². The number of hydrogen-bond acceptors (Lipinski definition) is 1. The molecule has 0 aromatic heterocycles. The Hall–Kier alpha value is -1.12. The largest absolute Gasteiger partial charge is 0.391 e. The summed E-state index contributed by atoms with van der Waals surface area (Å²) in [5, 5.41) is 9.13. The van der Waals surface area contributed by atoms with Crippen LogP contribution in [0, 0.1) is 6.92 Å². The van der Waals surface area contributed by atoms with Gasteiger partial charge in [-0.3, -0.25) is 0 Å². The highest BCUT2D eigenvalue weighted by atomic mass is 16.3. The monoisotopic (exact) mass is 220 g/mol. The molecule has 0 saturated carbocycles. The molecule has 0 amide bonds. The zero-order valence-electron chi connectivity index (χ0n) is 10.3. The Morgan fingerprint density at radius 3 is 2.62 bits per heavy atom. The summed E-state index contributed by atoms with van der Waals surface area (Å²) >= 11 is 0. The van der Waals surface area contributed by atoms with Gasteiger partial charge in [-0.1, -0.05) is 30.8 Å². The topological polar surface area (TPSA) is 20.2 Å². The zero-order valence-corrected chi connectivity index (χ0v) is 10.3. The van der Waals surface area contributed by atoms with E-state index in [0.717, 1.165) is 24.1 Å². The van der Waals surface area contributed by atoms with Gasteiger partial charge in [0.05, 0.1) is 20.2 Å². The molecule has 0 spiro atoms. The van der Waals surface area contributed by atoms with Gasteiger partial charge in [-0.25, -0.2) is 0 Å². The van der Waals surface area contributed by atoms with Crippen LogP contribution in [0.1, 0.15) is 11.1 Å². The van der Waals surface area contributed by atoms with Crippen LogP contribution in [-0.2, 0) is 6.54 Å². The summed E-state index contributed by atoms with van der Waals surface area (Å²) in [6.07, 6.45) is 1.92. The Labute approximate surface area is 98.4 Å². The highest BCUT2D eigenvalue weighted by Gasteiger charge is 2.20. The number of quaternary nitrogens is 1. The van der Waals surface area contributed by atoms with Crippen LogP contribution in [-0.4, -0.2) is 36.3 Å². The number of aliphatic hydroxyl groups excluding tert-OH is 1. The molecule has 2 heteroatoms. The molecule has 88 valence electrons. The van der Waals surface area contributed by atoms with Crippen LogP contribution in [0.15, 0.2) is 36.9 Å². The Morgan fingerprint density at radius 1 is 1.38 bits per heavy atom. The minimum Gasteiger partial charge on any atom is -0.391 e. The van der Waals surface area contributed by atoms with Gasteiger partial charge in [-0.15, -0.1) is 0 Å². The SMILES string of the molecule is C=CC[N@+](C)(CCO)Cc1ccccc1C. The van der Waals surface area contributed by atoms with Gasteiger partial charge in [-0.05, 0) is 18.6 Å². The molecule has 0 bridgehead atoms.